The van der Waals surface area contributed by atoms with Gasteiger partial charge < -0.3 is 14.6 Å². The fourth-order valence-corrected chi connectivity index (χ4v) is 4.11. The fourth-order valence-electron chi connectivity index (χ4n) is 4.11. The van der Waals surface area contributed by atoms with Crippen LogP contribution < -0.4 is 14.4 Å². The minimum Gasteiger partial charge on any atom is -0.507 e. The summed E-state index contributed by atoms with van der Waals surface area (Å²) >= 11 is 0. The van der Waals surface area contributed by atoms with Gasteiger partial charge in [0.05, 0.1) is 29.4 Å². The van der Waals surface area contributed by atoms with Crippen molar-refractivity contribution in [1.29, 1.82) is 5.26 Å². The summed E-state index contributed by atoms with van der Waals surface area (Å²) in [7, 11) is 0. The first kappa shape index (κ1) is 25.2. The van der Waals surface area contributed by atoms with Crippen LogP contribution in [0.3, 0.4) is 0 Å². The number of nitriles is 1. The predicted molar refractivity (Wildman–Crippen MR) is 136 cm³/mol. The number of hydrogen-bond acceptors (Lipinski definition) is 7. The molecule has 1 heterocycles. The van der Waals surface area contributed by atoms with Gasteiger partial charge in [0.1, 0.15) is 17.3 Å². The largest absolute Gasteiger partial charge is 0.507 e. The lowest BCUT2D eigenvalue weighted by Gasteiger charge is -2.25. The third-order valence-corrected chi connectivity index (χ3v) is 5.68. The summed E-state index contributed by atoms with van der Waals surface area (Å²) in [5, 5.41) is 20.4. The highest BCUT2D eigenvalue weighted by molar-refractivity contribution is 6.51. The standard InChI is InChI=1S/C29H24N2O6/c1-17(2)36-23-14-8-21(9-15-23)27(33)25-26(20-6-12-24(13-7-20)37-18(3)32)31(29(35)28(25)34)22-10-4-19(16-30)5-11-22/h4-15,17,26,33H,1-3H3/b27-25+. The summed E-state index contributed by atoms with van der Waals surface area (Å²) in [6.45, 7) is 5.07. The number of aliphatic hydroxyl groups excluding tert-OH is 1. The molecule has 1 atom stereocenters. The third-order valence-electron chi connectivity index (χ3n) is 5.68. The molecule has 1 unspecified atom stereocenters. The number of benzene rings is 3. The summed E-state index contributed by atoms with van der Waals surface area (Å²) in [6, 6.07) is 20.2. The van der Waals surface area contributed by atoms with Gasteiger partial charge in [0.25, 0.3) is 11.7 Å². The van der Waals surface area contributed by atoms with E-state index < -0.39 is 23.7 Å². The van der Waals surface area contributed by atoms with Gasteiger partial charge in [-0.1, -0.05) is 12.1 Å². The lowest BCUT2D eigenvalue weighted by Crippen LogP contribution is -2.29. The first-order valence-corrected chi connectivity index (χ1v) is 11.6. The van der Waals surface area contributed by atoms with Crippen molar-refractivity contribution in [2.75, 3.05) is 4.90 Å². The van der Waals surface area contributed by atoms with Crippen molar-refractivity contribution in [1.82, 2.24) is 0 Å². The minimum absolute atomic E-state index is 0.0350. The molecule has 3 aromatic carbocycles. The van der Waals surface area contributed by atoms with Crippen molar-refractivity contribution >= 4 is 29.1 Å². The highest BCUT2D eigenvalue weighted by atomic mass is 16.5. The van der Waals surface area contributed by atoms with E-state index >= 15 is 0 Å². The molecule has 0 aromatic heterocycles. The summed E-state index contributed by atoms with van der Waals surface area (Å²) < 4.78 is 10.8. The Morgan fingerprint density at radius 3 is 2.08 bits per heavy atom. The number of amides is 1. The molecule has 0 spiro atoms. The number of aliphatic hydroxyl groups is 1. The maximum absolute atomic E-state index is 13.3. The van der Waals surface area contributed by atoms with Crippen molar-refractivity contribution in [3.05, 3.63) is 95.1 Å². The zero-order valence-corrected chi connectivity index (χ0v) is 20.5. The minimum atomic E-state index is -0.967. The topological polar surface area (TPSA) is 117 Å². The molecule has 8 nitrogen and oxygen atoms in total. The maximum atomic E-state index is 13.3. The molecule has 186 valence electrons. The molecule has 1 N–H and O–H groups in total. The van der Waals surface area contributed by atoms with Crippen LogP contribution in [0.5, 0.6) is 11.5 Å². The Kier molecular flexibility index (Phi) is 7.07. The van der Waals surface area contributed by atoms with E-state index in [0.717, 1.165) is 0 Å². The zero-order chi connectivity index (χ0) is 26.7. The molecule has 0 aliphatic carbocycles. The molecular weight excluding hydrogens is 472 g/mol. The Hall–Kier alpha value is -4.90. The number of Topliss-reactive ketones (excluding diaryl/α,β-unsaturated/α-hetero) is 1. The molecule has 8 heteroatoms. The summed E-state index contributed by atoms with van der Waals surface area (Å²) in [5.41, 5.74) is 1.55. The Bertz CT molecular complexity index is 1420. The molecular formula is C29H24N2O6. The average Bonchev–Trinajstić information content (AvgIpc) is 3.14. The number of carbonyl (C=O) groups excluding carboxylic acids is 3. The van der Waals surface area contributed by atoms with Crippen molar-refractivity contribution in [3.63, 3.8) is 0 Å². The molecule has 0 saturated carbocycles. The van der Waals surface area contributed by atoms with Gasteiger partial charge in [-0.3, -0.25) is 19.3 Å². The molecule has 1 saturated heterocycles. The molecule has 3 aromatic rings. The van der Waals surface area contributed by atoms with Gasteiger partial charge in [0.2, 0.25) is 0 Å². The van der Waals surface area contributed by atoms with Gasteiger partial charge in [-0.2, -0.15) is 5.26 Å². The first-order chi connectivity index (χ1) is 17.7. The van der Waals surface area contributed by atoms with E-state index in [-0.39, 0.29) is 17.4 Å². The number of carbonyl (C=O) groups is 3. The molecule has 1 aliphatic rings. The number of rotatable bonds is 6. The van der Waals surface area contributed by atoms with Crippen LogP contribution >= 0.6 is 0 Å². The van der Waals surface area contributed by atoms with E-state index in [1.165, 1.54) is 11.8 Å². The maximum Gasteiger partial charge on any atom is 0.308 e. The molecule has 4 rings (SSSR count). The molecule has 0 radical (unpaired) electrons. The van der Waals surface area contributed by atoms with Crippen LogP contribution in [0, 0.1) is 11.3 Å². The van der Waals surface area contributed by atoms with E-state index in [0.29, 0.717) is 33.9 Å². The van der Waals surface area contributed by atoms with Gasteiger partial charge in [0.15, 0.2) is 0 Å². The Morgan fingerprint density at radius 2 is 1.54 bits per heavy atom. The number of ketones is 1. The average molecular weight is 497 g/mol. The number of esters is 1. The lowest BCUT2D eigenvalue weighted by atomic mass is 9.95. The zero-order valence-electron chi connectivity index (χ0n) is 20.5. The predicted octanol–water partition coefficient (Wildman–Crippen LogP) is 4.90. The van der Waals surface area contributed by atoms with E-state index in [1.54, 1.807) is 72.8 Å². The first-order valence-electron chi connectivity index (χ1n) is 11.6. The lowest BCUT2D eigenvalue weighted by molar-refractivity contribution is -0.132. The Labute approximate surface area is 214 Å². The second kappa shape index (κ2) is 10.4. The molecule has 1 amide bonds. The summed E-state index contributed by atoms with van der Waals surface area (Å²) in [6.07, 6.45) is -0.0350. The van der Waals surface area contributed by atoms with E-state index in [2.05, 4.69) is 0 Å². The molecule has 1 aliphatic heterocycles. The van der Waals surface area contributed by atoms with Crippen molar-refractivity contribution in [2.24, 2.45) is 0 Å². The molecule has 37 heavy (non-hydrogen) atoms. The second-order valence-electron chi connectivity index (χ2n) is 8.68. The normalized spacial score (nSPS) is 16.5. The van der Waals surface area contributed by atoms with Gasteiger partial charge in [-0.15, -0.1) is 0 Å². The van der Waals surface area contributed by atoms with E-state index in [9.17, 15) is 19.5 Å². The van der Waals surface area contributed by atoms with Crippen LogP contribution in [0.15, 0.2) is 78.4 Å². The smallest absolute Gasteiger partial charge is 0.308 e. The number of ether oxygens (including phenoxy) is 2. The van der Waals surface area contributed by atoms with Gasteiger partial charge in [-0.25, -0.2) is 0 Å². The Balaban J connectivity index is 1.84. The van der Waals surface area contributed by atoms with Gasteiger partial charge >= 0.3 is 5.97 Å². The second-order valence-corrected chi connectivity index (χ2v) is 8.68. The van der Waals surface area contributed by atoms with Crippen LogP contribution in [0.1, 0.15) is 43.5 Å². The summed E-state index contributed by atoms with van der Waals surface area (Å²) in [5.74, 6) is -1.59. The van der Waals surface area contributed by atoms with Crippen LogP contribution in [-0.2, 0) is 14.4 Å². The highest BCUT2D eigenvalue weighted by Gasteiger charge is 2.47. The summed E-state index contributed by atoms with van der Waals surface area (Å²) in [4.78, 5) is 39.1. The van der Waals surface area contributed by atoms with Crippen LogP contribution in [0.2, 0.25) is 0 Å². The van der Waals surface area contributed by atoms with Crippen molar-refractivity contribution in [2.45, 2.75) is 32.9 Å². The van der Waals surface area contributed by atoms with E-state index in [4.69, 9.17) is 14.7 Å². The third kappa shape index (κ3) is 5.21. The van der Waals surface area contributed by atoms with Crippen molar-refractivity contribution < 1.29 is 29.0 Å². The van der Waals surface area contributed by atoms with Crippen LogP contribution in [0.4, 0.5) is 5.69 Å². The van der Waals surface area contributed by atoms with Crippen molar-refractivity contribution in [3.8, 4) is 17.6 Å². The monoisotopic (exact) mass is 496 g/mol. The quantitative estimate of drug-likeness (QED) is 0.170. The molecule has 0 bridgehead atoms. The van der Waals surface area contributed by atoms with Crippen LogP contribution in [0.25, 0.3) is 5.76 Å². The fraction of sp³-hybridized carbons (Fsp3) is 0.172. The highest BCUT2D eigenvalue weighted by Crippen LogP contribution is 2.42. The number of hydrogen-bond donors (Lipinski definition) is 1. The van der Waals surface area contributed by atoms with E-state index in [1.807, 2.05) is 19.9 Å². The SMILES string of the molecule is CC(=O)Oc1ccc(C2/C(=C(\O)c3ccc(OC(C)C)cc3)C(=O)C(=O)N2c2ccc(C#N)cc2)cc1. The Morgan fingerprint density at radius 1 is 0.946 bits per heavy atom. The van der Waals surface area contributed by atoms with Gasteiger partial charge in [0, 0.05) is 18.2 Å². The molecule has 1 fully saturated rings. The number of nitrogens with zero attached hydrogens (tertiary/aromatic N) is 2. The number of anilines is 1. The van der Waals surface area contributed by atoms with Gasteiger partial charge in [-0.05, 0) is 80.1 Å². The van der Waals surface area contributed by atoms with Crippen LogP contribution in [-0.4, -0.2) is 28.9 Å².